The fourth-order valence-corrected chi connectivity index (χ4v) is 7.61. The molecule has 0 fully saturated rings. The molecule has 3 rings (SSSR count). The SMILES string of the molecule is CCCCCCCCCCCCCCCCCCOCCOCCOCCOCCOCCOCCOCCOCCOCCN(C)C(=O)OCC1c2ccccc2-c2ccccc21. The molecule has 12 heteroatoms. The standard InChI is InChI=1S/C52H87NO11/c1-3-4-5-6-7-8-9-10-11-12-13-14-15-16-17-22-28-55-30-32-57-34-36-59-38-40-61-42-44-63-45-43-62-41-39-60-37-35-58-33-31-56-29-27-53(2)52(54)64-46-51-49-25-20-18-23-47(49)48-24-19-21-26-50(48)51/h18-21,23-26,51H,3-17,22,27-46H2,1-2H3. The highest BCUT2D eigenvalue weighted by Crippen LogP contribution is 2.44. The zero-order chi connectivity index (χ0) is 45.2. The third kappa shape index (κ3) is 27.7. The minimum atomic E-state index is -0.359. The first-order chi connectivity index (χ1) is 31.7. The van der Waals surface area contributed by atoms with Gasteiger partial charge in [-0.25, -0.2) is 4.79 Å². The molecular weight excluding hydrogens is 815 g/mol. The molecule has 1 aliphatic carbocycles. The minimum absolute atomic E-state index is 0.0413. The topological polar surface area (TPSA) is 113 Å². The van der Waals surface area contributed by atoms with Gasteiger partial charge in [-0.05, 0) is 28.7 Å². The first-order valence-corrected chi connectivity index (χ1v) is 25.0. The lowest BCUT2D eigenvalue weighted by atomic mass is 9.98. The molecule has 366 valence electrons. The number of hydrogen-bond donors (Lipinski definition) is 0. The highest BCUT2D eigenvalue weighted by Gasteiger charge is 2.29. The van der Waals surface area contributed by atoms with E-state index in [1.165, 1.54) is 119 Å². The number of benzene rings is 2. The van der Waals surface area contributed by atoms with Crippen molar-refractivity contribution in [3.05, 3.63) is 59.7 Å². The second-order valence-electron chi connectivity index (χ2n) is 16.5. The highest BCUT2D eigenvalue weighted by atomic mass is 16.6. The summed E-state index contributed by atoms with van der Waals surface area (Å²) in [4.78, 5) is 14.2. The summed E-state index contributed by atoms with van der Waals surface area (Å²) in [5.41, 5.74) is 4.81. The Morgan fingerprint density at radius 1 is 0.406 bits per heavy atom. The van der Waals surface area contributed by atoms with Crippen LogP contribution in [0.25, 0.3) is 11.1 Å². The van der Waals surface area contributed by atoms with Crippen LogP contribution in [0.4, 0.5) is 4.79 Å². The summed E-state index contributed by atoms with van der Waals surface area (Å²) < 4.78 is 56.0. The van der Waals surface area contributed by atoms with E-state index in [-0.39, 0.29) is 12.0 Å². The van der Waals surface area contributed by atoms with Crippen molar-refractivity contribution in [1.82, 2.24) is 4.90 Å². The van der Waals surface area contributed by atoms with E-state index in [0.29, 0.717) is 125 Å². The molecule has 0 bridgehead atoms. The van der Waals surface area contributed by atoms with Crippen molar-refractivity contribution in [2.75, 3.05) is 139 Å². The first-order valence-electron chi connectivity index (χ1n) is 25.0. The molecule has 0 unspecified atom stereocenters. The van der Waals surface area contributed by atoms with Gasteiger partial charge in [-0.1, -0.05) is 152 Å². The fourth-order valence-electron chi connectivity index (χ4n) is 7.61. The van der Waals surface area contributed by atoms with E-state index in [0.717, 1.165) is 13.0 Å². The molecule has 2 aromatic rings. The average molecular weight is 902 g/mol. The fraction of sp³-hybridized carbons (Fsp3) is 0.750. The van der Waals surface area contributed by atoms with E-state index in [9.17, 15) is 4.79 Å². The number of hydrogen-bond acceptors (Lipinski definition) is 11. The summed E-state index contributed by atoms with van der Waals surface area (Å²) in [7, 11) is 1.72. The molecule has 64 heavy (non-hydrogen) atoms. The number of fused-ring (bicyclic) bond motifs is 3. The summed E-state index contributed by atoms with van der Waals surface area (Å²) in [5.74, 6) is 0.0413. The Bertz CT molecular complexity index is 1320. The van der Waals surface area contributed by atoms with Crippen molar-refractivity contribution in [3.8, 4) is 11.1 Å². The summed E-state index contributed by atoms with van der Waals surface area (Å²) in [6.45, 7) is 12.5. The molecule has 1 amide bonds. The van der Waals surface area contributed by atoms with Crippen LogP contribution in [-0.4, -0.2) is 150 Å². The molecule has 12 nitrogen and oxygen atoms in total. The van der Waals surface area contributed by atoms with Crippen LogP contribution in [0, 0.1) is 0 Å². The van der Waals surface area contributed by atoms with Gasteiger partial charge in [-0.15, -0.1) is 0 Å². The van der Waals surface area contributed by atoms with Gasteiger partial charge in [0.2, 0.25) is 0 Å². The molecular formula is C52H87NO11. The van der Waals surface area contributed by atoms with Crippen LogP contribution in [0.15, 0.2) is 48.5 Å². The van der Waals surface area contributed by atoms with E-state index >= 15 is 0 Å². The quantitative estimate of drug-likeness (QED) is 0.0592. The number of carbonyl (C=O) groups is 1. The molecule has 0 atom stereocenters. The van der Waals surface area contributed by atoms with Gasteiger partial charge in [0.1, 0.15) is 6.61 Å². The van der Waals surface area contributed by atoms with E-state index in [1.807, 2.05) is 24.3 Å². The highest BCUT2D eigenvalue weighted by molar-refractivity contribution is 5.79. The number of likely N-dealkylation sites (N-methyl/N-ethyl adjacent to an activating group) is 1. The van der Waals surface area contributed by atoms with Crippen LogP contribution >= 0.6 is 0 Å². The third-order valence-corrected chi connectivity index (χ3v) is 11.3. The van der Waals surface area contributed by atoms with E-state index < -0.39 is 0 Å². The van der Waals surface area contributed by atoms with Gasteiger partial charge in [-0.2, -0.15) is 0 Å². The van der Waals surface area contributed by atoms with E-state index in [1.54, 1.807) is 11.9 Å². The molecule has 0 radical (unpaired) electrons. The monoisotopic (exact) mass is 902 g/mol. The van der Waals surface area contributed by atoms with Crippen molar-refractivity contribution in [2.45, 2.75) is 116 Å². The Morgan fingerprint density at radius 2 is 0.703 bits per heavy atom. The molecule has 0 aliphatic heterocycles. The van der Waals surface area contributed by atoms with Gasteiger partial charge < -0.3 is 52.3 Å². The van der Waals surface area contributed by atoms with Crippen LogP contribution in [0.5, 0.6) is 0 Å². The van der Waals surface area contributed by atoms with Gasteiger partial charge in [-0.3, -0.25) is 0 Å². The maximum Gasteiger partial charge on any atom is 0.409 e. The van der Waals surface area contributed by atoms with Crippen LogP contribution in [-0.2, 0) is 47.4 Å². The number of rotatable bonds is 46. The van der Waals surface area contributed by atoms with Crippen molar-refractivity contribution >= 4 is 6.09 Å². The number of carbonyl (C=O) groups excluding carboxylic acids is 1. The van der Waals surface area contributed by atoms with Crippen LogP contribution in [0.1, 0.15) is 127 Å². The first kappa shape index (κ1) is 55.7. The Hall–Kier alpha value is -2.65. The average Bonchev–Trinajstić information content (AvgIpc) is 3.64. The van der Waals surface area contributed by atoms with Gasteiger partial charge in [0.25, 0.3) is 0 Å². The maximum absolute atomic E-state index is 12.6. The normalized spacial score (nSPS) is 12.2. The minimum Gasteiger partial charge on any atom is -0.448 e. The second kappa shape index (κ2) is 40.6. The molecule has 0 saturated heterocycles. The maximum atomic E-state index is 12.6. The molecule has 0 spiro atoms. The largest absolute Gasteiger partial charge is 0.448 e. The molecule has 0 N–H and O–H groups in total. The molecule has 0 saturated carbocycles. The molecule has 1 aliphatic rings. The van der Waals surface area contributed by atoms with E-state index in [2.05, 4.69) is 31.2 Å². The Labute approximate surface area is 387 Å². The number of ether oxygens (including phenoxy) is 10. The Kier molecular flexibility index (Phi) is 35.3. The lowest BCUT2D eigenvalue weighted by molar-refractivity contribution is -0.0252. The van der Waals surface area contributed by atoms with Crippen LogP contribution in [0.3, 0.4) is 0 Å². The predicted molar refractivity (Wildman–Crippen MR) is 255 cm³/mol. The van der Waals surface area contributed by atoms with Gasteiger partial charge >= 0.3 is 6.09 Å². The Balaban J connectivity index is 0.923. The van der Waals surface area contributed by atoms with Crippen molar-refractivity contribution in [3.63, 3.8) is 0 Å². The van der Waals surface area contributed by atoms with Crippen LogP contribution < -0.4 is 0 Å². The molecule has 0 aromatic heterocycles. The van der Waals surface area contributed by atoms with E-state index in [4.69, 9.17) is 47.4 Å². The van der Waals surface area contributed by atoms with Gasteiger partial charge in [0.15, 0.2) is 0 Å². The van der Waals surface area contributed by atoms with Crippen molar-refractivity contribution in [2.24, 2.45) is 0 Å². The second-order valence-corrected chi connectivity index (χ2v) is 16.5. The number of amides is 1. The lowest BCUT2D eigenvalue weighted by Crippen LogP contribution is -2.32. The Morgan fingerprint density at radius 3 is 1.06 bits per heavy atom. The van der Waals surface area contributed by atoms with Crippen LogP contribution in [0.2, 0.25) is 0 Å². The summed E-state index contributed by atoms with van der Waals surface area (Å²) >= 11 is 0. The van der Waals surface area contributed by atoms with Gasteiger partial charge in [0.05, 0.1) is 112 Å². The summed E-state index contributed by atoms with van der Waals surface area (Å²) in [6, 6.07) is 16.6. The van der Waals surface area contributed by atoms with Crippen molar-refractivity contribution in [1.29, 1.82) is 0 Å². The number of nitrogens with zero attached hydrogens (tertiary/aromatic N) is 1. The van der Waals surface area contributed by atoms with Crippen molar-refractivity contribution < 1.29 is 52.2 Å². The van der Waals surface area contributed by atoms with Gasteiger partial charge in [0, 0.05) is 26.1 Å². The zero-order valence-electron chi connectivity index (χ0n) is 40.1. The molecule has 0 heterocycles. The molecule has 2 aromatic carbocycles. The smallest absolute Gasteiger partial charge is 0.409 e. The third-order valence-electron chi connectivity index (χ3n) is 11.3. The summed E-state index contributed by atoms with van der Waals surface area (Å²) in [6.07, 6.45) is 21.8. The summed E-state index contributed by atoms with van der Waals surface area (Å²) in [5, 5.41) is 0. The lowest BCUT2D eigenvalue weighted by Gasteiger charge is -2.19. The predicted octanol–water partition coefficient (Wildman–Crippen LogP) is 10.3. The zero-order valence-corrected chi connectivity index (χ0v) is 40.1. The number of unbranched alkanes of at least 4 members (excludes halogenated alkanes) is 15.